The summed E-state index contributed by atoms with van der Waals surface area (Å²) in [6, 6.07) is 8.71. The minimum Gasteiger partial charge on any atom is -0.380 e. The molecule has 0 aliphatic carbocycles. The van der Waals surface area contributed by atoms with Gasteiger partial charge in [-0.2, -0.15) is 5.10 Å². The zero-order valence-corrected chi connectivity index (χ0v) is 14.0. The third kappa shape index (κ3) is 3.77. The standard InChI is InChI=1S/C17H24N4O2/c1-12-18-17(20-19-12)16-8-15(23-3)10-21(16)9-13-5-4-6-14(7-13)11-22-2/h4-7,15-16H,8-11H2,1-3H3,(H,18,19,20)/t15-,16+/m1/s1. The molecule has 0 radical (unpaired) electrons. The van der Waals surface area contributed by atoms with Gasteiger partial charge >= 0.3 is 0 Å². The van der Waals surface area contributed by atoms with Gasteiger partial charge in [-0.1, -0.05) is 24.3 Å². The van der Waals surface area contributed by atoms with Crippen molar-refractivity contribution >= 4 is 0 Å². The molecular weight excluding hydrogens is 292 g/mol. The molecular formula is C17H24N4O2. The number of hydrogen-bond acceptors (Lipinski definition) is 5. The monoisotopic (exact) mass is 316 g/mol. The van der Waals surface area contributed by atoms with Crippen LogP contribution in [0.15, 0.2) is 24.3 Å². The molecule has 1 aromatic heterocycles. The van der Waals surface area contributed by atoms with Crippen molar-refractivity contribution in [2.24, 2.45) is 0 Å². The molecule has 1 fully saturated rings. The van der Waals surface area contributed by atoms with Gasteiger partial charge in [-0.3, -0.25) is 10.00 Å². The van der Waals surface area contributed by atoms with E-state index in [9.17, 15) is 0 Å². The molecule has 0 unspecified atom stereocenters. The van der Waals surface area contributed by atoms with E-state index in [-0.39, 0.29) is 12.1 Å². The summed E-state index contributed by atoms with van der Waals surface area (Å²) in [5.41, 5.74) is 2.46. The minimum absolute atomic E-state index is 0.191. The fraction of sp³-hybridized carbons (Fsp3) is 0.529. The molecule has 1 saturated heterocycles. The lowest BCUT2D eigenvalue weighted by atomic mass is 10.1. The molecule has 0 bridgehead atoms. The molecule has 6 heteroatoms. The van der Waals surface area contributed by atoms with Gasteiger partial charge in [-0.25, -0.2) is 4.98 Å². The molecule has 23 heavy (non-hydrogen) atoms. The van der Waals surface area contributed by atoms with Crippen LogP contribution in [0.1, 0.15) is 35.2 Å². The maximum Gasteiger partial charge on any atom is 0.167 e. The third-order valence-electron chi connectivity index (χ3n) is 4.30. The van der Waals surface area contributed by atoms with Crippen molar-refractivity contribution in [3.05, 3.63) is 47.0 Å². The van der Waals surface area contributed by atoms with Crippen LogP contribution in [0.3, 0.4) is 0 Å². The van der Waals surface area contributed by atoms with E-state index in [0.29, 0.717) is 6.61 Å². The van der Waals surface area contributed by atoms with E-state index in [2.05, 4.69) is 44.3 Å². The van der Waals surface area contributed by atoms with Gasteiger partial charge in [-0.05, 0) is 24.5 Å². The molecule has 1 aliphatic rings. The van der Waals surface area contributed by atoms with Gasteiger partial charge in [0.15, 0.2) is 5.82 Å². The van der Waals surface area contributed by atoms with Crippen molar-refractivity contribution in [2.75, 3.05) is 20.8 Å². The number of benzene rings is 1. The number of rotatable bonds is 6. The number of nitrogens with zero attached hydrogens (tertiary/aromatic N) is 3. The topological polar surface area (TPSA) is 63.3 Å². The lowest BCUT2D eigenvalue weighted by molar-refractivity contribution is 0.107. The first-order valence-electron chi connectivity index (χ1n) is 7.92. The number of methoxy groups -OCH3 is 2. The molecule has 0 spiro atoms. The van der Waals surface area contributed by atoms with Crippen LogP contribution in [0.25, 0.3) is 0 Å². The summed E-state index contributed by atoms with van der Waals surface area (Å²) >= 11 is 0. The Morgan fingerprint density at radius 2 is 2.13 bits per heavy atom. The summed E-state index contributed by atoms with van der Waals surface area (Å²) in [5.74, 6) is 1.71. The summed E-state index contributed by atoms with van der Waals surface area (Å²) in [4.78, 5) is 6.91. The molecule has 0 amide bonds. The second-order valence-corrected chi connectivity index (χ2v) is 6.07. The number of aromatic amines is 1. The molecule has 2 heterocycles. The Morgan fingerprint density at radius 1 is 1.30 bits per heavy atom. The predicted molar refractivity (Wildman–Crippen MR) is 86.8 cm³/mol. The number of nitrogens with one attached hydrogen (secondary N) is 1. The second kappa shape index (κ2) is 7.21. The van der Waals surface area contributed by atoms with E-state index in [1.165, 1.54) is 11.1 Å². The van der Waals surface area contributed by atoms with E-state index >= 15 is 0 Å². The number of aryl methyl sites for hydroxylation is 1. The first kappa shape index (κ1) is 16.1. The first-order chi connectivity index (χ1) is 11.2. The highest BCUT2D eigenvalue weighted by Gasteiger charge is 2.35. The Hall–Kier alpha value is -1.76. The largest absolute Gasteiger partial charge is 0.380 e. The van der Waals surface area contributed by atoms with Crippen molar-refractivity contribution in [1.29, 1.82) is 0 Å². The van der Waals surface area contributed by atoms with E-state index in [1.807, 2.05) is 6.92 Å². The number of ether oxygens (including phenoxy) is 2. The van der Waals surface area contributed by atoms with Crippen molar-refractivity contribution in [1.82, 2.24) is 20.1 Å². The van der Waals surface area contributed by atoms with Crippen molar-refractivity contribution < 1.29 is 9.47 Å². The molecule has 2 aromatic rings. The first-order valence-corrected chi connectivity index (χ1v) is 7.92. The molecule has 1 aromatic carbocycles. The van der Waals surface area contributed by atoms with E-state index in [0.717, 1.165) is 31.2 Å². The summed E-state index contributed by atoms with van der Waals surface area (Å²) in [6.45, 7) is 4.31. The number of aromatic nitrogens is 3. The van der Waals surface area contributed by atoms with Gasteiger partial charge in [0.1, 0.15) is 5.82 Å². The quantitative estimate of drug-likeness (QED) is 0.885. The predicted octanol–water partition coefficient (Wildman–Crippen LogP) is 2.22. The van der Waals surface area contributed by atoms with Crippen LogP contribution in [-0.2, 0) is 22.6 Å². The SMILES string of the molecule is COCc1cccc(CN2C[C@H](OC)C[C@H]2c2n[nH]c(C)n2)c1. The highest BCUT2D eigenvalue weighted by Crippen LogP contribution is 2.32. The fourth-order valence-electron chi connectivity index (χ4n) is 3.20. The smallest absolute Gasteiger partial charge is 0.167 e. The Labute approximate surface area is 136 Å². The molecule has 6 nitrogen and oxygen atoms in total. The van der Waals surface area contributed by atoms with Gasteiger partial charge in [0.2, 0.25) is 0 Å². The van der Waals surface area contributed by atoms with Crippen LogP contribution in [0.2, 0.25) is 0 Å². The molecule has 2 atom stereocenters. The lowest BCUT2D eigenvalue weighted by Gasteiger charge is -2.22. The fourth-order valence-corrected chi connectivity index (χ4v) is 3.20. The molecule has 124 valence electrons. The van der Waals surface area contributed by atoms with Crippen LogP contribution in [0.5, 0.6) is 0 Å². The van der Waals surface area contributed by atoms with Crippen LogP contribution in [0.4, 0.5) is 0 Å². The van der Waals surface area contributed by atoms with E-state index in [4.69, 9.17) is 9.47 Å². The number of H-pyrrole nitrogens is 1. The molecule has 0 saturated carbocycles. The normalized spacial score (nSPS) is 21.9. The van der Waals surface area contributed by atoms with E-state index < -0.39 is 0 Å². The Kier molecular flexibility index (Phi) is 5.05. The maximum absolute atomic E-state index is 5.57. The van der Waals surface area contributed by atoms with Crippen LogP contribution in [-0.4, -0.2) is 46.9 Å². The lowest BCUT2D eigenvalue weighted by Crippen LogP contribution is -2.25. The van der Waals surface area contributed by atoms with Gasteiger partial charge in [0.25, 0.3) is 0 Å². The van der Waals surface area contributed by atoms with Crippen LogP contribution in [0, 0.1) is 6.92 Å². The van der Waals surface area contributed by atoms with Crippen molar-refractivity contribution in [2.45, 2.75) is 38.6 Å². The zero-order valence-electron chi connectivity index (χ0n) is 14.0. The van der Waals surface area contributed by atoms with Gasteiger partial charge < -0.3 is 9.47 Å². The summed E-state index contributed by atoms with van der Waals surface area (Å²) < 4.78 is 10.8. The zero-order chi connectivity index (χ0) is 16.2. The van der Waals surface area contributed by atoms with Gasteiger partial charge in [0.05, 0.1) is 18.8 Å². The van der Waals surface area contributed by atoms with Crippen molar-refractivity contribution in [3.8, 4) is 0 Å². The van der Waals surface area contributed by atoms with E-state index in [1.54, 1.807) is 14.2 Å². The Bertz CT molecular complexity index is 643. The average molecular weight is 316 g/mol. The highest BCUT2D eigenvalue weighted by atomic mass is 16.5. The molecule has 3 rings (SSSR count). The van der Waals surface area contributed by atoms with Crippen LogP contribution < -0.4 is 0 Å². The third-order valence-corrected chi connectivity index (χ3v) is 4.30. The number of hydrogen-bond donors (Lipinski definition) is 1. The minimum atomic E-state index is 0.191. The van der Waals surface area contributed by atoms with Gasteiger partial charge in [0, 0.05) is 27.3 Å². The summed E-state index contributed by atoms with van der Waals surface area (Å²) in [7, 11) is 3.49. The Morgan fingerprint density at radius 3 is 2.83 bits per heavy atom. The van der Waals surface area contributed by atoms with Crippen molar-refractivity contribution in [3.63, 3.8) is 0 Å². The Balaban J connectivity index is 1.77. The van der Waals surface area contributed by atoms with Gasteiger partial charge in [-0.15, -0.1) is 0 Å². The maximum atomic E-state index is 5.57. The summed E-state index contributed by atoms with van der Waals surface area (Å²) in [6.07, 6.45) is 1.15. The highest BCUT2D eigenvalue weighted by molar-refractivity contribution is 5.23. The second-order valence-electron chi connectivity index (χ2n) is 6.07. The average Bonchev–Trinajstić information content (AvgIpc) is 3.14. The molecule has 1 aliphatic heterocycles. The molecule has 1 N–H and O–H groups in total. The summed E-state index contributed by atoms with van der Waals surface area (Å²) in [5, 5.41) is 7.30. The van der Waals surface area contributed by atoms with Crippen LogP contribution >= 0.6 is 0 Å². The number of likely N-dealkylation sites (tertiary alicyclic amines) is 1.